The summed E-state index contributed by atoms with van der Waals surface area (Å²) in [5.41, 5.74) is 1.98. The number of rotatable bonds is 5. The minimum absolute atomic E-state index is 0.177. The summed E-state index contributed by atoms with van der Waals surface area (Å²) in [6.45, 7) is 0.426. The third-order valence-corrected chi connectivity index (χ3v) is 5.69. The number of carbonyl (C=O) groups excluding carboxylic acids is 3. The minimum Gasteiger partial charge on any atom is -0.366 e. The molecule has 2 atom stereocenters. The zero-order chi connectivity index (χ0) is 21.3. The van der Waals surface area contributed by atoms with E-state index in [0.717, 1.165) is 11.1 Å². The molecule has 30 heavy (non-hydrogen) atoms. The van der Waals surface area contributed by atoms with Crippen LogP contribution in [0.4, 0.5) is 4.79 Å². The van der Waals surface area contributed by atoms with E-state index in [9.17, 15) is 14.4 Å². The fraction of sp³-hybridized carbons (Fsp3) is 0.227. The molecule has 0 radical (unpaired) electrons. The lowest BCUT2D eigenvalue weighted by molar-refractivity contribution is -0.135. The summed E-state index contributed by atoms with van der Waals surface area (Å²) in [6, 6.07) is 14.7. The number of carbonyl (C=O) groups is 3. The topological polar surface area (TPSA) is 81.8 Å². The van der Waals surface area contributed by atoms with Crippen LogP contribution >= 0.6 is 11.6 Å². The van der Waals surface area contributed by atoms with Gasteiger partial charge in [0.1, 0.15) is 6.04 Å². The molecule has 2 aliphatic rings. The molecule has 2 N–H and O–H groups in total. The Balaban J connectivity index is 1.47. The molecule has 1 fully saturated rings. The van der Waals surface area contributed by atoms with E-state index in [1.165, 1.54) is 4.90 Å². The fourth-order valence-electron chi connectivity index (χ4n) is 3.76. The van der Waals surface area contributed by atoms with E-state index in [4.69, 9.17) is 11.6 Å². The average Bonchev–Trinajstić information content (AvgIpc) is 3.07. The molecule has 2 aliphatic heterocycles. The van der Waals surface area contributed by atoms with Gasteiger partial charge in [-0.05, 0) is 17.2 Å². The Labute approximate surface area is 179 Å². The maximum atomic E-state index is 13.1. The van der Waals surface area contributed by atoms with E-state index >= 15 is 0 Å². The maximum Gasteiger partial charge on any atom is 0.325 e. The van der Waals surface area contributed by atoms with Gasteiger partial charge in [-0.15, -0.1) is 0 Å². The monoisotopic (exact) mass is 424 g/mol. The highest BCUT2D eigenvalue weighted by molar-refractivity contribution is 6.31. The second-order valence-corrected chi connectivity index (χ2v) is 7.71. The molecule has 4 amide bonds. The molecular formula is C22H21ClN4O3. The molecule has 4 rings (SSSR count). The molecule has 8 heteroatoms. The van der Waals surface area contributed by atoms with Gasteiger partial charge in [-0.3, -0.25) is 14.5 Å². The summed E-state index contributed by atoms with van der Waals surface area (Å²) < 4.78 is 0. The molecule has 2 heterocycles. The Morgan fingerprint density at radius 2 is 1.80 bits per heavy atom. The van der Waals surface area contributed by atoms with Crippen molar-refractivity contribution in [3.63, 3.8) is 0 Å². The van der Waals surface area contributed by atoms with Crippen LogP contribution in [0.2, 0.25) is 5.02 Å². The van der Waals surface area contributed by atoms with Crippen molar-refractivity contribution in [1.29, 1.82) is 0 Å². The van der Waals surface area contributed by atoms with Crippen molar-refractivity contribution in [2.45, 2.75) is 25.2 Å². The molecule has 0 aliphatic carbocycles. The number of benzene rings is 2. The molecule has 2 unspecified atom stereocenters. The van der Waals surface area contributed by atoms with Gasteiger partial charge in [0.2, 0.25) is 0 Å². The predicted octanol–water partition coefficient (Wildman–Crippen LogP) is 2.27. The van der Waals surface area contributed by atoms with Crippen molar-refractivity contribution in [2.24, 2.45) is 0 Å². The van der Waals surface area contributed by atoms with Gasteiger partial charge >= 0.3 is 6.03 Å². The van der Waals surface area contributed by atoms with E-state index in [0.29, 0.717) is 10.6 Å². The van der Waals surface area contributed by atoms with E-state index < -0.39 is 18.1 Å². The Morgan fingerprint density at radius 1 is 1.10 bits per heavy atom. The van der Waals surface area contributed by atoms with E-state index in [-0.39, 0.29) is 24.9 Å². The summed E-state index contributed by atoms with van der Waals surface area (Å²) in [6.07, 6.45) is 1.61. The number of imide groups is 1. The van der Waals surface area contributed by atoms with Crippen LogP contribution in [0.3, 0.4) is 0 Å². The standard InChI is InChI=1S/C22H21ClN4O3/c1-26-13-16(20(28)24-11-15-9-5-6-10-17(15)23)18-19(26)21(29)27(22(30)25-18)12-14-7-3-2-4-8-14/h2-10,13,18-19H,11-12H2,1H3,(H,24,28)(H,25,30). The van der Waals surface area contributed by atoms with Crippen LogP contribution in [-0.2, 0) is 22.7 Å². The van der Waals surface area contributed by atoms with Gasteiger partial charge in [-0.1, -0.05) is 60.1 Å². The Bertz CT molecular complexity index is 1020. The Kier molecular flexibility index (Phi) is 5.46. The van der Waals surface area contributed by atoms with Crippen LogP contribution in [0.25, 0.3) is 0 Å². The average molecular weight is 425 g/mol. The van der Waals surface area contributed by atoms with Gasteiger partial charge in [0.25, 0.3) is 11.8 Å². The number of nitrogens with one attached hydrogen (secondary N) is 2. The highest BCUT2D eigenvalue weighted by atomic mass is 35.5. The lowest BCUT2D eigenvalue weighted by Crippen LogP contribution is -2.64. The molecule has 1 saturated heterocycles. The molecule has 2 aromatic carbocycles. The van der Waals surface area contributed by atoms with Crippen LogP contribution in [0, 0.1) is 0 Å². The smallest absolute Gasteiger partial charge is 0.325 e. The first-order valence-electron chi connectivity index (χ1n) is 9.57. The Morgan fingerprint density at radius 3 is 2.53 bits per heavy atom. The predicted molar refractivity (Wildman–Crippen MR) is 112 cm³/mol. The van der Waals surface area contributed by atoms with Crippen molar-refractivity contribution >= 4 is 29.4 Å². The summed E-state index contributed by atoms with van der Waals surface area (Å²) in [5, 5.41) is 6.20. The van der Waals surface area contributed by atoms with Crippen molar-refractivity contribution in [3.8, 4) is 0 Å². The number of hydrogen-bond donors (Lipinski definition) is 2. The van der Waals surface area contributed by atoms with E-state index in [1.54, 1.807) is 24.2 Å². The van der Waals surface area contributed by atoms with Crippen molar-refractivity contribution < 1.29 is 14.4 Å². The van der Waals surface area contributed by atoms with E-state index in [1.807, 2.05) is 48.5 Å². The summed E-state index contributed by atoms with van der Waals surface area (Å²) in [7, 11) is 1.72. The highest BCUT2D eigenvalue weighted by Gasteiger charge is 2.49. The molecule has 0 saturated carbocycles. The number of amides is 4. The second-order valence-electron chi connectivity index (χ2n) is 7.31. The third kappa shape index (κ3) is 3.76. The number of likely N-dealkylation sites (N-methyl/N-ethyl adjacent to an activating group) is 1. The zero-order valence-corrected chi connectivity index (χ0v) is 17.1. The SMILES string of the molecule is CN1C=C(C(=O)NCc2ccccc2Cl)C2NC(=O)N(Cc3ccccc3)C(=O)C21. The van der Waals surface area contributed by atoms with Crippen LogP contribution < -0.4 is 10.6 Å². The number of hydrogen-bond acceptors (Lipinski definition) is 4. The van der Waals surface area contributed by atoms with Crippen LogP contribution in [0.1, 0.15) is 11.1 Å². The quantitative estimate of drug-likeness (QED) is 0.771. The fourth-order valence-corrected chi connectivity index (χ4v) is 3.97. The third-order valence-electron chi connectivity index (χ3n) is 5.32. The number of fused-ring (bicyclic) bond motifs is 1. The van der Waals surface area contributed by atoms with Gasteiger partial charge in [0, 0.05) is 24.8 Å². The van der Waals surface area contributed by atoms with Gasteiger partial charge in [0.05, 0.1) is 18.2 Å². The maximum absolute atomic E-state index is 13.1. The molecule has 0 spiro atoms. The Hall–Kier alpha value is -3.32. The first kappa shape index (κ1) is 20.0. The lowest BCUT2D eigenvalue weighted by Gasteiger charge is -2.37. The first-order chi connectivity index (χ1) is 14.5. The number of urea groups is 1. The molecule has 154 valence electrons. The summed E-state index contributed by atoms with van der Waals surface area (Å²) in [4.78, 5) is 41.4. The van der Waals surface area contributed by atoms with Gasteiger partial charge in [0.15, 0.2) is 0 Å². The zero-order valence-electron chi connectivity index (χ0n) is 16.3. The molecule has 2 aromatic rings. The largest absolute Gasteiger partial charge is 0.366 e. The van der Waals surface area contributed by atoms with Gasteiger partial charge < -0.3 is 15.5 Å². The van der Waals surface area contributed by atoms with Crippen molar-refractivity contribution in [2.75, 3.05) is 7.05 Å². The lowest BCUT2D eigenvalue weighted by atomic mass is 9.99. The van der Waals surface area contributed by atoms with Crippen LogP contribution in [0.15, 0.2) is 66.4 Å². The van der Waals surface area contributed by atoms with Gasteiger partial charge in [-0.25, -0.2) is 4.79 Å². The summed E-state index contributed by atoms with van der Waals surface area (Å²) in [5.74, 6) is -0.681. The first-order valence-corrected chi connectivity index (χ1v) is 9.94. The van der Waals surface area contributed by atoms with Crippen LogP contribution in [-0.4, -0.2) is 46.8 Å². The van der Waals surface area contributed by atoms with Crippen LogP contribution in [0.5, 0.6) is 0 Å². The summed E-state index contributed by atoms with van der Waals surface area (Å²) >= 11 is 6.14. The van der Waals surface area contributed by atoms with Crippen molar-refractivity contribution in [1.82, 2.24) is 20.4 Å². The van der Waals surface area contributed by atoms with Crippen molar-refractivity contribution in [3.05, 3.63) is 82.5 Å². The number of nitrogens with zero attached hydrogens (tertiary/aromatic N) is 2. The highest BCUT2D eigenvalue weighted by Crippen LogP contribution is 2.27. The molecule has 7 nitrogen and oxygen atoms in total. The van der Waals surface area contributed by atoms with Gasteiger partial charge in [-0.2, -0.15) is 0 Å². The van der Waals surface area contributed by atoms with E-state index in [2.05, 4.69) is 10.6 Å². The molecule has 0 bridgehead atoms. The molecular weight excluding hydrogens is 404 g/mol. The number of halogens is 1. The molecule has 0 aromatic heterocycles. The minimum atomic E-state index is -0.701. The second kappa shape index (κ2) is 8.20. The normalized spacial score (nSPS) is 20.5.